The van der Waals surface area contributed by atoms with E-state index in [2.05, 4.69) is 11.9 Å². The summed E-state index contributed by atoms with van der Waals surface area (Å²) in [5, 5.41) is 0. The minimum Gasteiger partial charge on any atom is -1.00 e. The molecule has 0 unspecified atom stereocenters. The van der Waals surface area contributed by atoms with Gasteiger partial charge in [-0.05, 0) is 12.0 Å². The topological polar surface area (TPSA) is 36.7 Å². The van der Waals surface area contributed by atoms with Gasteiger partial charge in [-0.3, -0.25) is 9.78 Å². The predicted octanol–water partition coefficient (Wildman–Crippen LogP) is -1.25. The Morgan fingerprint density at radius 2 is 2.00 bits per heavy atom. The number of benzene rings is 1. The van der Waals surface area contributed by atoms with Crippen LogP contribution in [0.25, 0.3) is 0 Å². The van der Waals surface area contributed by atoms with E-state index in [1.165, 1.54) is 5.56 Å². The fourth-order valence-corrected chi connectivity index (χ4v) is 1.60. The Hall–Kier alpha value is -1.42. The van der Waals surface area contributed by atoms with Gasteiger partial charge < -0.3 is 17.0 Å². The monoisotopic (exact) mass is 294 g/mol. The summed E-state index contributed by atoms with van der Waals surface area (Å²) in [5.74, 6) is 0.132. The molecule has 1 aromatic carbocycles. The third-order valence-corrected chi connectivity index (χ3v) is 2.61. The van der Waals surface area contributed by atoms with Gasteiger partial charge in [-0.1, -0.05) is 31.2 Å². The molecule has 0 aliphatic heterocycles. The average Bonchev–Trinajstić information content (AvgIpc) is 2.82. The molecule has 1 aromatic heterocycles. The Morgan fingerprint density at radius 3 is 2.53 bits per heavy atom. The number of nitrogens with zero attached hydrogens (tertiary/aromatic N) is 1. The van der Waals surface area contributed by atoms with Crippen LogP contribution in [0.3, 0.4) is 0 Å². The van der Waals surface area contributed by atoms with Gasteiger partial charge >= 0.3 is 0 Å². The molecule has 90 valence electrons. The van der Waals surface area contributed by atoms with Crippen molar-refractivity contribution in [3.8, 4) is 0 Å². The van der Waals surface area contributed by atoms with Crippen molar-refractivity contribution < 1.29 is 26.3 Å². The summed E-state index contributed by atoms with van der Waals surface area (Å²) >= 11 is 0. The molecule has 3 nitrogen and oxygen atoms in total. The summed E-state index contributed by atoms with van der Waals surface area (Å²) in [7, 11) is 0. The first-order valence-electron chi connectivity index (χ1n) is 5.43. The second-order valence-corrected chi connectivity index (χ2v) is 3.76. The molecule has 1 N–H and O–H groups in total. The molecule has 0 saturated heterocycles. The molecule has 17 heavy (non-hydrogen) atoms. The number of nitrogens with one attached hydrogen (secondary N) is 1. The first kappa shape index (κ1) is 13.6. The van der Waals surface area contributed by atoms with Crippen LogP contribution < -0.4 is 21.5 Å². The summed E-state index contributed by atoms with van der Waals surface area (Å²) in [6.07, 6.45) is 6.42. The Bertz CT molecular complexity index is 463. The molecule has 0 atom stereocenters. The zero-order chi connectivity index (χ0) is 11.4. The lowest BCUT2D eigenvalue weighted by molar-refractivity contribution is -0.681. The Labute approximate surface area is 111 Å². The van der Waals surface area contributed by atoms with Crippen LogP contribution in [-0.4, -0.2) is 10.8 Å². The van der Waals surface area contributed by atoms with Gasteiger partial charge in [-0.2, -0.15) is 0 Å². The van der Waals surface area contributed by atoms with Crippen molar-refractivity contribution in [1.29, 1.82) is 0 Å². The Morgan fingerprint density at radius 1 is 1.29 bits per heavy atom. The maximum Gasteiger partial charge on any atom is 0.241 e. The number of hydrogen-bond acceptors (Lipinski definition) is 1. The van der Waals surface area contributed by atoms with Crippen molar-refractivity contribution in [2.24, 2.45) is 0 Å². The van der Waals surface area contributed by atoms with Crippen LogP contribution in [0.4, 0.5) is 0 Å². The van der Waals surface area contributed by atoms with E-state index < -0.39 is 0 Å². The van der Waals surface area contributed by atoms with E-state index in [0.717, 1.165) is 12.0 Å². The quantitative estimate of drug-likeness (QED) is 0.555. The highest BCUT2D eigenvalue weighted by molar-refractivity contribution is 5.95. The number of carbonyl (C=O) groups excluding carboxylic acids is 1. The third kappa shape index (κ3) is 3.53. The SMILES string of the molecule is CCc1ccc(C(=O)C[n+]2cc[nH]c2)cc1.[Br-]. The van der Waals surface area contributed by atoms with Gasteiger partial charge in [0.05, 0.1) is 0 Å². The van der Waals surface area contributed by atoms with Crippen LogP contribution in [0.15, 0.2) is 43.0 Å². The molecule has 0 spiro atoms. The van der Waals surface area contributed by atoms with E-state index in [9.17, 15) is 4.79 Å². The minimum absolute atomic E-state index is 0. The number of rotatable bonds is 4. The van der Waals surface area contributed by atoms with Crippen molar-refractivity contribution in [2.75, 3.05) is 0 Å². The summed E-state index contributed by atoms with van der Waals surface area (Å²) in [5.41, 5.74) is 2.02. The van der Waals surface area contributed by atoms with E-state index in [1.54, 1.807) is 12.5 Å². The number of imidazole rings is 1. The molecule has 2 rings (SSSR count). The third-order valence-electron chi connectivity index (χ3n) is 2.61. The highest BCUT2D eigenvalue weighted by atomic mass is 79.9. The fourth-order valence-electron chi connectivity index (χ4n) is 1.60. The van der Waals surface area contributed by atoms with Crippen LogP contribution in [0.5, 0.6) is 0 Å². The van der Waals surface area contributed by atoms with Gasteiger partial charge in [0, 0.05) is 5.56 Å². The summed E-state index contributed by atoms with van der Waals surface area (Å²) in [6, 6.07) is 7.81. The van der Waals surface area contributed by atoms with E-state index in [1.807, 2.05) is 35.0 Å². The van der Waals surface area contributed by atoms with Gasteiger partial charge in [-0.15, -0.1) is 0 Å². The molecule has 0 radical (unpaired) electrons. The van der Waals surface area contributed by atoms with Crippen LogP contribution >= 0.6 is 0 Å². The van der Waals surface area contributed by atoms with Crippen molar-refractivity contribution in [3.05, 3.63) is 54.1 Å². The molecule has 4 heteroatoms. The van der Waals surface area contributed by atoms with Gasteiger partial charge in [0.2, 0.25) is 12.1 Å². The van der Waals surface area contributed by atoms with Gasteiger partial charge in [-0.25, -0.2) is 4.57 Å². The molecule has 0 saturated carbocycles. The highest BCUT2D eigenvalue weighted by Gasteiger charge is 2.09. The normalized spacial score (nSPS) is 9.71. The first-order valence-corrected chi connectivity index (χ1v) is 5.43. The van der Waals surface area contributed by atoms with E-state index >= 15 is 0 Å². The van der Waals surface area contributed by atoms with Crippen LogP contribution in [0.1, 0.15) is 22.8 Å². The molecule has 0 aliphatic rings. The van der Waals surface area contributed by atoms with E-state index in [4.69, 9.17) is 0 Å². The maximum absolute atomic E-state index is 11.9. The lowest BCUT2D eigenvalue weighted by Crippen LogP contribution is -3.00. The van der Waals surface area contributed by atoms with Crippen molar-refractivity contribution in [2.45, 2.75) is 19.9 Å². The van der Waals surface area contributed by atoms with E-state index in [-0.39, 0.29) is 22.8 Å². The smallest absolute Gasteiger partial charge is 0.241 e. The van der Waals surface area contributed by atoms with Crippen LogP contribution in [0, 0.1) is 0 Å². The number of H-pyrrole nitrogens is 1. The number of hydrogen-bond donors (Lipinski definition) is 1. The standard InChI is InChI=1S/C13H14N2O.BrH/c1-2-11-3-5-12(6-4-11)13(16)9-15-8-7-14-10-15;/h3-8,10H,2,9H2,1H3;1H. The van der Waals surface area contributed by atoms with Gasteiger partial charge in [0.1, 0.15) is 12.4 Å². The molecular weight excluding hydrogens is 280 g/mol. The number of halogens is 1. The number of ketones is 1. The van der Waals surface area contributed by atoms with Crippen LogP contribution in [-0.2, 0) is 13.0 Å². The lowest BCUT2D eigenvalue weighted by atomic mass is 10.1. The van der Waals surface area contributed by atoms with E-state index in [0.29, 0.717) is 6.54 Å². The molecular formula is C13H15BrN2O. The Balaban J connectivity index is 0.00000144. The van der Waals surface area contributed by atoms with Crippen molar-refractivity contribution in [3.63, 3.8) is 0 Å². The number of aryl methyl sites for hydroxylation is 1. The first-order chi connectivity index (χ1) is 7.79. The highest BCUT2D eigenvalue weighted by Crippen LogP contribution is 2.05. The molecule has 0 bridgehead atoms. The van der Waals surface area contributed by atoms with Crippen molar-refractivity contribution >= 4 is 5.78 Å². The van der Waals surface area contributed by atoms with Gasteiger partial charge in [0.25, 0.3) is 0 Å². The molecule has 0 amide bonds. The number of Topliss-reactive ketones (excluding diaryl/α,β-unsaturated/α-hetero) is 1. The molecule has 0 aliphatic carbocycles. The number of aromatic amines is 1. The summed E-state index contributed by atoms with van der Waals surface area (Å²) in [4.78, 5) is 14.8. The zero-order valence-corrected chi connectivity index (χ0v) is 11.3. The lowest BCUT2D eigenvalue weighted by Gasteiger charge is -2.00. The summed E-state index contributed by atoms with van der Waals surface area (Å²) in [6.45, 7) is 2.49. The number of aromatic nitrogens is 2. The number of carbonyl (C=O) groups is 1. The molecule has 2 aromatic rings. The largest absolute Gasteiger partial charge is 1.00 e. The minimum atomic E-state index is 0. The zero-order valence-electron chi connectivity index (χ0n) is 9.69. The predicted molar refractivity (Wildman–Crippen MR) is 61.1 cm³/mol. The fraction of sp³-hybridized carbons (Fsp3) is 0.231. The average molecular weight is 295 g/mol. The Kier molecular flexibility index (Phi) is 5.10. The molecule has 1 heterocycles. The van der Waals surface area contributed by atoms with Crippen LogP contribution in [0.2, 0.25) is 0 Å². The second-order valence-electron chi connectivity index (χ2n) is 3.76. The maximum atomic E-state index is 11.9. The van der Waals surface area contributed by atoms with Gasteiger partial charge in [0.15, 0.2) is 6.54 Å². The van der Waals surface area contributed by atoms with Crippen molar-refractivity contribution in [1.82, 2.24) is 4.98 Å². The summed E-state index contributed by atoms with van der Waals surface area (Å²) < 4.78 is 1.83. The molecule has 0 fully saturated rings. The second kappa shape index (κ2) is 6.35.